The van der Waals surface area contributed by atoms with Gasteiger partial charge >= 0.3 is 74.9 Å². The number of urea groups is 1. The number of nitrogens with zero attached hydrogens (tertiary/aromatic N) is 7. The van der Waals surface area contributed by atoms with Gasteiger partial charge in [0.2, 0.25) is 0 Å². The molecule has 2 fully saturated rings. The third-order valence-electron chi connectivity index (χ3n) is 11.0. The zero-order valence-electron chi connectivity index (χ0n) is 38.5. The SMILES string of the molecule is C.CC(C)n1ccn(-c2ccc(N3CCN(c4ccc(Br)cc4)CC3)cc2)c1=O.COC(C)CN(C(=O)Nc1ccc(N2CCN(c3ccc(Br)cc3)CC2)cc1)C(C)C.O=CO.[K][K]. The van der Waals surface area contributed by atoms with Crippen molar-refractivity contribution in [1.29, 1.82) is 0 Å². The molecule has 0 spiro atoms. The summed E-state index contributed by atoms with van der Waals surface area (Å²) in [7, 11) is 1.67. The van der Waals surface area contributed by atoms with Crippen LogP contribution >= 0.6 is 31.9 Å². The first-order valence-corrected chi connectivity index (χ1v) is 39.6. The van der Waals surface area contributed by atoms with E-state index in [1.165, 1.54) is 85.9 Å². The monoisotopic (exact) mass is 1070 g/mol. The van der Waals surface area contributed by atoms with Gasteiger partial charge < -0.3 is 39.7 Å². The summed E-state index contributed by atoms with van der Waals surface area (Å²) in [6.07, 6.45) is 3.68. The third kappa shape index (κ3) is 17.5. The Kier molecular flexibility index (Phi) is 26.3. The first-order valence-electron chi connectivity index (χ1n) is 22.0. The van der Waals surface area contributed by atoms with Crippen molar-refractivity contribution in [3.8, 4) is 5.69 Å². The molecule has 3 heterocycles. The summed E-state index contributed by atoms with van der Waals surface area (Å²) < 4.78 is 11.0. The van der Waals surface area contributed by atoms with Crippen molar-refractivity contribution in [3.05, 3.63) is 129 Å². The third-order valence-corrected chi connectivity index (χ3v) is 12.1. The summed E-state index contributed by atoms with van der Waals surface area (Å²) >= 11 is 9.49. The van der Waals surface area contributed by atoms with Crippen LogP contribution in [0.1, 0.15) is 48.1 Å². The Labute approximate surface area is 448 Å². The van der Waals surface area contributed by atoms with E-state index in [0.29, 0.717) is 6.54 Å². The van der Waals surface area contributed by atoms with E-state index in [0.717, 1.165) is 72.7 Å². The topological polar surface area (TPSA) is 119 Å². The van der Waals surface area contributed by atoms with Crippen molar-refractivity contribution in [2.75, 3.05) is 90.9 Å². The molecule has 65 heavy (non-hydrogen) atoms. The van der Waals surface area contributed by atoms with Gasteiger partial charge in [-0.05, 0) is 132 Å². The van der Waals surface area contributed by atoms with Gasteiger partial charge in [-0.15, -0.1) is 0 Å². The number of halogens is 2. The molecule has 2 aliphatic rings. The van der Waals surface area contributed by atoms with Crippen LogP contribution in [0.25, 0.3) is 5.69 Å². The molecule has 17 heteroatoms. The van der Waals surface area contributed by atoms with Crippen molar-refractivity contribution in [1.82, 2.24) is 14.0 Å². The number of hydrogen-bond acceptors (Lipinski definition) is 8. The molecule has 1 aromatic heterocycles. The second-order valence-electron chi connectivity index (χ2n) is 15.7. The van der Waals surface area contributed by atoms with Crippen molar-refractivity contribution < 1.29 is 19.4 Å². The Morgan fingerprint density at radius 3 is 1.34 bits per heavy atom. The van der Waals surface area contributed by atoms with Crippen molar-refractivity contribution in [2.24, 2.45) is 0 Å². The molecule has 1 unspecified atom stereocenters. The van der Waals surface area contributed by atoms with Crippen LogP contribution in [0.3, 0.4) is 0 Å². The van der Waals surface area contributed by atoms with Crippen molar-refractivity contribution >= 4 is 136 Å². The number of amides is 2. The van der Waals surface area contributed by atoms with E-state index < -0.39 is 0 Å². The molecule has 0 radical (unpaired) electrons. The Bertz CT molecular complexity index is 2190. The maximum absolute atomic E-state index is 12.7. The van der Waals surface area contributed by atoms with Crippen LogP contribution in [0.5, 0.6) is 0 Å². The van der Waals surface area contributed by atoms with Gasteiger partial charge in [0.05, 0.1) is 11.8 Å². The molecular formula is C48H64Br2K2N8O5. The number of benzene rings is 4. The van der Waals surface area contributed by atoms with E-state index in [1.54, 1.807) is 21.1 Å². The number of ether oxygens (including phenoxy) is 1. The van der Waals surface area contributed by atoms with E-state index in [4.69, 9.17) is 14.6 Å². The van der Waals surface area contributed by atoms with Crippen LogP contribution in [0, 0.1) is 0 Å². The predicted molar refractivity (Wildman–Crippen MR) is 278 cm³/mol. The van der Waals surface area contributed by atoms with Gasteiger partial charge in [-0.3, -0.25) is 13.9 Å². The molecule has 2 N–H and O–H groups in total. The van der Waals surface area contributed by atoms with Crippen LogP contribution in [-0.2, 0) is 9.53 Å². The van der Waals surface area contributed by atoms with E-state index in [1.807, 2.05) is 71.3 Å². The van der Waals surface area contributed by atoms with Gasteiger partial charge in [-0.1, -0.05) is 39.3 Å². The van der Waals surface area contributed by atoms with Crippen LogP contribution < -0.4 is 30.6 Å². The fourth-order valence-corrected chi connectivity index (χ4v) is 7.91. The quantitative estimate of drug-likeness (QED) is 0.0988. The number of carbonyl (C=O) groups is 2. The molecule has 13 nitrogen and oxygen atoms in total. The number of aromatic nitrogens is 2. The fraction of sp³-hybridized carbons (Fsp3) is 0.396. The molecule has 2 saturated heterocycles. The minimum atomic E-state index is -0.250. The number of nitrogens with one attached hydrogen (secondary N) is 1. The zero-order valence-corrected chi connectivity index (χ0v) is 48.0. The summed E-state index contributed by atoms with van der Waals surface area (Å²) in [4.78, 5) is 45.0. The first-order chi connectivity index (χ1) is 30.8. The summed E-state index contributed by atoms with van der Waals surface area (Å²) in [5, 5.41) is 9.91. The Hall–Kier alpha value is -1.98. The Balaban J connectivity index is 0.000000311. The molecular weight excluding hydrogens is 1010 g/mol. The van der Waals surface area contributed by atoms with Gasteiger partial charge in [0.15, 0.2) is 0 Å². The van der Waals surface area contributed by atoms with Crippen molar-refractivity contribution in [2.45, 2.75) is 60.2 Å². The van der Waals surface area contributed by atoms with Gasteiger partial charge in [-0.25, -0.2) is 9.59 Å². The van der Waals surface area contributed by atoms with E-state index in [9.17, 15) is 9.59 Å². The number of imidazole rings is 1. The minimum absolute atomic E-state index is 0. The van der Waals surface area contributed by atoms with E-state index in [-0.39, 0.29) is 43.8 Å². The molecule has 1 atom stereocenters. The average molecular weight is 1070 g/mol. The summed E-state index contributed by atoms with van der Waals surface area (Å²) in [5.74, 6) is 0. The molecule has 0 saturated carbocycles. The fourth-order valence-electron chi connectivity index (χ4n) is 7.38. The van der Waals surface area contributed by atoms with E-state index >= 15 is 0 Å². The molecule has 7 rings (SSSR count). The normalized spacial score (nSPS) is 13.9. The first kappa shape index (κ1) is 57.3. The molecule has 2 aliphatic heterocycles. The predicted octanol–water partition coefficient (Wildman–Crippen LogP) is 8.94. The van der Waals surface area contributed by atoms with Gasteiger partial charge in [0, 0.05) is 128 Å². The summed E-state index contributed by atoms with van der Waals surface area (Å²) in [6, 6.07) is 33.6. The molecule has 4 aromatic carbocycles. The number of carbonyl (C=O) groups excluding carboxylic acids is 1. The number of hydrogen-bond donors (Lipinski definition) is 2. The summed E-state index contributed by atoms with van der Waals surface area (Å²) in [5.41, 5.74) is 6.63. The molecule has 2 amide bonds. The zero-order chi connectivity index (χ0) is 46.8. The van der Waals surface area contributed by atoms with Gasteiger partial charge in [0.25, 0.3) is 6.47 Å². The Morgan fingerprint density at radius 1 is 0.677 bits per heavy atom. The summed E-state index contributed by atoms with van der Waals surface area (Å²) in [6.45, 7) is 18.2. The number of carboxylic acid groups (broad SMARTS) is 1. The van der Waals surface area contributed by atoms with Crippen LogP contribution in [0.2, 0.25) is 0 Å². The van der Waals surface area contributed by atoms with Gasteiger partial charge in [0.1, 0.15) is 0 Å². The number of rotatable bonds is 11. The second-order valence-corrected chi connectivity index (χ2v) is 17.6. The maximum atomic E-state index is 12.7. The van der Waals surface area contributed by atoms with Crippen LogP contribution in [0.4, 0.5) is 33.2 Å². The van der Waals surface area contributed by atoms with E-state index in [2.05, 4.69) is 130 Å². The second kappa shape index (κ2) is 29.8. The molecule has 0 aliphatic carbocycles. The standard InChI is InChI=1S/C24H33BrN4O2.C22H25BrN4O.CH2O2.CH4.2K/c1-18(2)29(17-19(3)31-4)24(30)26-21-7-11-23(12-8-21)28-15-13-27(14-16-28)22-9-5-20(25)6-10-22;1-17(2)26-15-16-27(22(26)28)21-9-7-20(8-10-21)25-13-11-24(12-14-25)19-5-3-18(23)4-6-19;2-1-3;;;/h5-12,18-19H,13-17H2,1-4H3,(H,26,30);3-10,15-17H,11-14H2,1-2H3;1H,(H,2,3);1H4;;. The number of methoxy groups -OCH3 is 1. The number of piperazine rings is 2. The molecule has 342 valence electrons. The average Bonchev–Trinajstić information content (AvgIpc) is 3.71. The van der Waals surface area contributed by atoms with Gasteiger partial charge in [-0.2, -0.15) is 0 Å². The Morgan fingerprint density at radius 2 is 1.02 bits per heavy atom. The van der Waals surface area contributed by atoms with Crippen LogP contribution in [0.15, 0.2) is 123 Å². The molecule has 0 bridgehead atoms. The molecule has 5 aromatic rings. The van der Waals surface area contributed by atoms with Crippen molar-refractivity contribution in [3.63, 3.8) is 0 Å². The van der Waals surface area contributed by atoms with Crippen LogP contribution in [-0.4, -0.2) is 173 Å². The number of anilines is 5.